The molecule has 1 saturated heterocycles. The SMILES string of the molecule is O=C(NCCCn1ccnc1)C1CC(O)CN1. The van der Waals surface area contributed by atoms with Crippen molar-refractivity contribution < 1.29 is 9.90 Å². The molecule has 1 aliphatic rings. The maximum atomic E-state index is 11.6. The number of hydrogen-bond acceptors (Lipinski definition) is 4. The Hall–Kier alpha value is -1.40. The first-order chi connectivity index (χ1) is 8.25. The molecule has 0 spiro atoms. The van der Waals surface area contributed by atoms with Crippen LogP contribution in [0.4, 0.5) is 0 Å². The van der Waals surface area contributed by atoms with E-state index >= 15 is 0 Å². The molecule has 6 heteroatoms. The molecule has 0 saturated carbocycles. The van der Waals surface area contributed by atoms with Crippen molar-refractivity contribution in [3.63, 3.8) is 0 Å². The molecule has 2 atom stereocenters. The van der Waals surface area contributed by atoms with Gasteiger partial charge in [-0.25, -0.2) is 4.98 Å². The van der Waals surface area contributed by atoms with Crippen molar-refractivity contribution in [1.82, 2.24) is 20.2 Å². The molecule has 0 aliphatic carbocycles. The minimum Gasteiger partial charge on any atom is -0.392 e. The van der Waals surface area contributed by atoms with Crippen LogP contribution in [0.15, 0.2) is 18.7 Å². The lowest BCUT2D eigenvalue weighted by molar-refractivity contribution is -0.122. The third-order valence-electron chi connectivity index (χ3n) is 2.88. The molecular weight excluding hydrogens is 220 g/mol. The van der Waals surface area contributed by atoms with Crippen molar-refractivity contribution in [2.75, 3.05) is 13.1 Å². The van der Waals surface area contributed by atoms with E-state index in [-0.39, 0.29) is 11.9 Å². The largest absolute Gasteiger partial charge is 0.392 e. The zero-order valence-electron chi connectivity index (χ0n) is 9.67. The van der Waals surface area contributed by atoms with E-state index in [1.165, 1.54) is 0 Å². The molecule has 2 rings (SSSR count). The van der Waals surface area contributed by atoms with Crippen molar-refractivity contribution in [2.24, 2.45) is 0 Å². The number of nitrogens with zero attached hydrogens (tertiary/aromatic N) is 2. The number of carbonyl (C=O) groups excluding carboxylic acids is 1. The zero-order valence-corrected chi connectivity index (χ0v) is 9.67. The molecule has 1 aliphatic heterocycles. The van der Waals surface area contributed by atoms with Crippen molar-refractivity contribution in [2.45, 2.75) is 31.5 Å². The van der Waals surface area contributed by atoms with E-state index in [9.17, 15) is 9.90 Å². The topological polar surface area (TPSA) is 79.2 Å². The van der Waals surface area contributed by atoms with Gasteiger partial charge in [0.15, 0.2) is 0 Å². The molecule has 94 valence electrons. The van der Waals surface area contributed by atoms with E-state index in [0.717, 1.165) is 13.0 Å². The van der Waals surface area contributed by atoms with Crippen molar-refractivity contribution >= 4 is 5.91 Å². The van der Waals surface area contributed by atoms with Crippen LogP contribution in [-0.2, 0) is 11.3 Å². The van der Waals surface area contributed by atoms with Gasteiger partial charge in [0.05, 0.1) is 18.5 Å². The number of aliphatic hydroxyl groups is 1. The van der Waals surface area contributed by atoms with Gasteiger partial charge >= 0.3 is 0 Å². The average molecular weight is 238 g/mol. The van der Waals surface area contributed by atoms with Gasteiger partial charge in [0.25, 0.3) is 0 Å². The monoisotopic (exact) mass is 238 g/mol. The van der Waals surface area contributed by atoms with Crippen LogP contribution in [0, 0.1) is 0 Å². The second kappa shape index (κ2) is 5.79. The number of aliphatic hydroxyl groups excluding tert-OH is 1. The summed E-state index contributed by atoms with van der Waals surface area (Å²) in [5.41, 5.74) is 0. The second-order valence-corrected chi connectivity index (χ2v) is 4.30. The van der Waals surface area contributed by atoms with Crippen molar-refractivity contribution in [3.8, 4) is 0 Å². The van der Waals surface area contributed by atoms with Crippen molar-refractivity contribution in [3.05, 3.63) is 18.7 Å². The van der Waals surface area contributed by atoms with Gasteiger partial charge in [0.2, 0.25) is 5.91 Å². The second-order valence-electron chi connectivity index (χ2n) is 4.30. The standard InChI is InChI=1S/C11H18N4O2/c16-9-6-10(14-7-9)11(17)13-2-1-4-15-5-3-12-8-15/h3,5,8-10,14,16H,1-2,4,6-7H2,(H,13,17). The van der Waals surface area contributed by atoms with E-state index in [1.54, 1.807) is 12.5 Å². The van der Waals surface area contributed by atoms with Crippen LogP contribution in [0.2, 0.25) is 0 Å². The third-order valence-corrected chi connectivity index (χ3v) is 2.88. The first-order valence-electron chi connectivity index (χ1n) is 5.90. The van der Waals surface area contributed by atoms with E-state index in [0.29, 0.717) is 19.5 Å². The molecule has 0 bridgehead atoms. The lowest BCUT2D eigenvalue weighted by Gasteiger charge is -2.10. The van der Waals surface area contributed by atoms with Crippen LogP contribution in [0.1, 0.15) is 12.8 Å². The van der Waals surface area contributed by atoms with Gasteiger partial charge < -0.3 is 20.3 Å². The van der Waals surface area contributed by atoms with E-state index < -0.39 is 6.10 Å². The molecule has 1 fully saturated rings. The fraction of sp³-hybridized carbons (Fsp3) is 0.636. The highest BCUT2D eigenvalue weighted by Crippen LogP contribution is 2.05. The summed E-state index contributed by atoms with van der Waals surface area (Å²) in [5, 5.41) is 15.1. The average Bonchev–Trinajstić information content (AvgIpc) is 2.95. The molecular formula is C11H18N4O2. The van der Waals surface area contributed by atoms with E-state index in [2.05, 4.69) is 15.6 Å². The van der Waals surface area contributed by atoms with E-state index in [4.69, 9.17) is 0 Å². The Morgan fingerprint density at radius 1 is 1.65 bits per heavy atom. The molecule has 2 heterocycles. The summed E-state index contributed by atoms with van der Waals surface area (Å²) in [6.45, 7) is 2.00. The van der Waals surface area contributed by atoms with Gasteiger partial charge in [-0.2, -0.15) is 0 Å². The zero-order chi connectivity index (χ0) is 12.1. The summed E-state index contributed by atoms with van der Waals surface area (Å²) >= 11 is 0. The molecule has 1 aromatic rings. The number of amides is 1. The smallest absolute Gasteiger partial charge is 0.237 e. The maximum Gasteiger partial charge on any atom is 0.237 e. The number of nitrogens with one attached hydrogen (secondary N) is 2. The Balaban J connectivity index is 1.60. The van der Waals surface area contributed by atoms with Gasteiger partial charge in [0.1, 0.15) is 0 Å². The fourth-order valence-electron chi connectivity index (χ4n) is 1.93. The summed E-state index contributed by atoms with van der Waals surface area (Å²) in [6.07, 6.45) is 6.39. The first kappa shape index (κ1) is 12.1. The van der Waals surface area contributed by atoms with Crippen molar-refractivity contribution in [1.29, 1.82) is 0 Å². The lowest BCUT2D eigenvalue weighted by Crippen LogP contribution is -2.40. The van der Waals surface area contributed by atoms with Gasteiger partial charge in [-0.05, 0) is 12.8 Å². The van der Waals surface area contributed by atoms with Gasteiger partial charge in [-0.15, -0.1) is 0 Å². The molecule has 17 heavy (non-hydrogen) atoms. The summed E-state index contributed by atoms with van der Waals surface area (Å²) in [6, 6.07) is -0.238. The number of hydrogen-bond donors (Lipinski definition) is 3. The quantitative estimate of drug-likeness (QED) is 0.582. The molecule has 0 aromatic carbocycles. The number of carbonyl (C=O) groups is 1. The third kappa shape index (κ3) is 3.54. The Kier molecular flexibility index (Phi) is 4.11. The molecule has 1 amide bonds. The maximum absolute atomic E-state index is 11.6. The van der Waals surface area contributed by atoms with Crippen LogP contribution in [0.3, 0.4) is 0 Å². The molecule has 2 unspecified atom stereocenters. The number of aryl methyl sites for hydroxylation is 1. The molecule has 0 radical (unpaired) electrons. The number of imidazole rings is 1. The highest BCUT2D eigenvalue weighted by Gasteiger charge is 2.27. The van der Waals surface area contributed by atoms with Gasteiger partial charge in [-0.3, -0.25) is 4.79 Å². The Morgan fingerprint density at radius 2 is 2.53 bits per heavy atom. The molecule has 1 aromatic heterocycles. The number of aromatic nitrogens is 2. The minimum absolute atomic E-state index is 0.0211. The summed E-state index contributed by atoms with van der Waals surface area (Å²) in [5.74, 6) is -0.0211. The first-order valence-corrected chi connectivity index (χ1v) is 5.90. The lowest BCUT2D eigenvalue weighted by atomic mass is 10.2. The predicted octanol–water partition coefficient (Wildman–Crippen LogP) is -0.888. The Morgan fingerprint density at radius 3 is 3.18 bits per heavy atom. The Labute approximate surface area is 100 Å². The summed E-state index contributed by atoms with van der Waals surface area (Å²) < 4.78 is 1.98. The highest BCUT2D eigenvalue weighted by molar-refractivity contribution is 5.82. The van der Waals surface area contributed by atoms with Crippen LogP contribution in [0.25, 0.3) is 0 Å². The van der Waals surface area contributed by atoms with Gasteiger partial charge in [-0.1, -0.05) is 0 Å². The van der Waals surface area contributed by atoms with E-state index in [1.807, 2.05) is 10.8 Å². The van der Waals surface area contributed by atoms with Crippen LogP contribution in [-0.4, -0.2) is 45.8 Å². The fourth-order valence-corrected chi connectivity index (χ4v) is 1.93. The highest BCUT2D eigenvalue weighted by atomic mass is 16.3. The molecule has 3 N–H and O–H groups in total. The number of β-amino-alcohol motifs (C(OH)–C–C–N with tert-alkyl or cyclic N) is 1. The Bertz CT molecular complexity index is 352. The summed E-state index contributed by atoms with van der Waals surface area (Å²) in [4.78, 5) is 15.6. The van der Waals surface area contributed by atoms with Crippen LogP contribution in [0.5, 0.6) is 0 Å². The normalized spacial score (nSPS) is 23.8. The summed E-state index contributed by atoms with van der Waals surface area (Å²) in [7, 11) is 0. The number of rotatable bonds is 5. The van der Waals surface area contributed by atoms with Gasteiger partial charge in [0, 0.05) is 32.0 Å². The van der Waals surface area contributed by atoms with Crippen LogP contribution < -0.4 is 10.6 Å². The minimum atomic E-state index is -0.392. The van der Waals surface area contributed by atoms with Crippen LogP contribution >= 0.6 is 0 Å². The predicted molar refractivity (Wildman–Crippen MR) is 62.3 cm³/mol. The molecule has 6 nitrogen and oxygen atoms in total.